The van der Waals surface area contributed by atoms with Crippen molar-refractivity contribution >= 4 is 50.7 Å². The van der Waals surface area contributed by atoms with Gasteiger partial charge in [0, 0.05) is 15.6 Å². The molecule has 3 heteroatoms. The summed E-state index contributed by atoms with van der Waals surface area (Å²) in [7, 11) is 0. The van der Waals surface area contributed by atoms with E-state index in [0.29, 0.717) is 17.0 Å². The number of hydrogen-bond acceptors (Lipinski definition) is 1. The minimum atomic E-state index is 0.0866. The van der Waals surface area contributed by atoms with Gasteiger partial charge in [-0.05, 0) is 51.1 Å². The second-order valence-electron chi connectivity index (χ2n) is 4.91. The van der Waals surface area contributed by atoms with Gasteiger partial charge in [0.25, 0.3) is 0 Å². The van der Waals surface area contributed by atoms with Gasteiger partial charge < -0.3 is 0 Å². The lowest BCUT2D eigenvalue weighted by Crippen LogP contribution is -2.03. The zero-order chi connectivity index (χ0) is 14.8. The number of rotatable bonds is 3. The lowest BCUT2D eigenvalue weighted by Gasteiger charge is -2.05. The zero-order valence-corrected chi connectivity index (χ0v) is 14.1. The van der Waals surface area contributed by atoms with E-state index in [4.69, 9.17) is 11.6 Å². The van der Waals surface area contributed by atoms with Crippen molar-refractivity contribution in [3.05, 3.63) is 80.4 Å². The Bertz CT molecular complexity index is 826. The molecule has 0 fully saturated rings. The van der Waals surface area contributed by atoms with Crippen molar-refractivity contribution in [2.24, 2.45) is 0 Å². The maximum Gasteiger partial charge on any atom is 0.167 e. The standard InChI is InChI=1S/C18H12ClIO/c19-16-11-15(7-8-17(16)20)18(21)10-12-5-6-13-3-1-2-4-14(13)9-12/h1-9,11H,10H2. The van der Waals surface area contributed by atoms with Gasteiger partial charge in [-0.3, -0.25) is 4.79 Å². The van der Waals surface area contributed by atoms with Crippen LogP contribution in [0.4, 0.5) is 0 Å². The Kier molecular flexibility index (Phi) is 4.27. The molecule has 0 aliphatic carbocycles. The van der Waals surface area contributed by atoms with Gasteiger partial charge in [-0.1, -0.05) is 60.1 Å². The number of fused-ring (bicyclic) bond motifs is 1. The molecule has 0 aromatic heterocycles. The van der Waals surface area contributed by atoms with E-state index in [1.54, 1.807) is 6.07 Å². The van der Waals surface area contributed by atoms with Gasteiger partial charge in [0.2, 0.25) is 0 Å². The minimum absolute atomic E-state index is 0.0866. The van der Waals surface area contributed by atoms with Crippen LogP contribution < -0.4 is 0 Å². The Hall–Kier alpha value is -1.39. The SMILES string of the molecule is O=C(Cc1ccc2ccccc2c1)c1ccc(I)c(Cl)c1. The van der Waals surface area contributed by atoms with E-state index in [1.807, 2.05) is 30.3 Å². The number of halogens is 2. The van der Waals surface area contributed by atoms with Crippen LogP contribution in [0, 0.1) is 3.57 Å². The second kappa shape index (κ2) is 6.16. The Morgan fingerprint density at radius 3 is 2.48 bits per heavy atom. The summed E-state index contributed by atoms with van der Waals surface area (Å²) in [4.78, 5) is 12.4. The van der Waals surface area contributed by atoms with Crippen LogP contribution in [0.5, 0.6) is 0 Å². The number of hydrogen-bond donors (Lipinski definition) is 0. The van der Waals surface area contributed by atoms with Gasteiger partial charge in [-0.25, -0.2) is 0 Å². The fraction of sp³-hybridized carbons (Fsp3) is 0.0556. The molecule has 21 heavy (non-hydrogen) atoms. The average molecular weight is 407 g/mol. The molecular weight excluding hydrogens is 395 g/mol. The Balaban J connectivity index is 1.87. The van der Waals surface area contributed by atoms with E-state index >= 15 is 0 Å². The maximum absolute atomic E-state index is 12.4. The number of benzene rings is 3. The monoisotopic (exact) mass is 406 g/mol. The molecule has 0 radical (unpaired) electrons. The highest BCUT2D eigenvalue weighted by molar-refractivity contribution is 14.1. The molecule has 0 saturated heterocycles. The predicted molar refractivity (Wildman–Crippen MR) is 96.2 cm³/mol. The molecule has 1 nitrogen and oxygen atoms in total. The third-order valence-electron chi connectivity index (χ3n) is 3.42. The van der Waals surface area contributed by atoms with E-state index in [-0.39, 0.29) is 5.78 Å². The molecule has 0 saturated carbocycles. The molecule has 0 N–H and O–H groups in total. The van der Waals surface area contributed by atoms with E-state index in [1.165, 1.54) is 5.39 Å². The highest BCUT2D eigenvalue weighted by Gasteiger charge is 2.09. The largest absolute Gasteiger partial charge is 0.294 e. The first-order valence-corrected chi connectivity index (χ1v) is 8.05. The molecular formula is C18H12ClIO. The van der Waals surface area contributed by atoms with E-state index in [9.17, 15) is 4.79 Å². The second-order valence-corrected chi connectivity index (χ2v) is 6.48. The van der Waals surface area contributed by atoms with Crippen molar-refractivity contribution in [1.82, 2.24) is 0 Å². The number of carbonyl (C=O) groups excluding carboxylic acids is 1. The van der Waals surface area contributed by atoms with Crippen LogP contribution in [0.1, 0.15) is 15.9 Å². The molecule has 0 aliphatic rings. The Labute approximate surface area is 142 Å². The van der Waals surface area contributed by atoms with Crippen molar-refractivity contribution in [3.63, 3.8) is 0 Å². The maximum atomic E-state index is 12.4. The van der Waals surface area contributed by atoms with Crippen LogP contribution in [0.15, 0.2) is 60.7 Å². The molecule has 3 rings (SSSR count). The highest BCUT2D eigenvalue weighted by Crippen LogP contribution is 2.21. The summed E-state index contributed by atoms with van der Waals surface area (Å²) < 4.78 is 0.955. The molecule has 0 spiro atoms. The fourth-order valence-corrected chi connectivity index (χ4v) is 2.82. The van der Waals surface area contributed by atoms with Crippen molar-refractivity contribution in [1.29, 1.82) is 0 Å². The van der Waals surface area contributed by atoms with Gasteiger partial charge >= 0.3 is 0 Å². The van der Waals surface area contributed by atoms with Crippen molar-refractivity contribution in [2.75, 3.05) is 0 Å². The summed E-state index contributed by atoms with van der Waals surface area (Å²) in [6, 6.07) is 19.7. The Morgan fingerprint density at radius 2 is 1.71 bits per heavy atom. The van der Waals surface area contributed by atoms with Crippen LogP contribution in [0.3, 0.4) is 0 Å². The molecule has 104 valence electrons. The van der Waals surface area contributed by atoms with E-state index in [0.717, 1.165) is 14.5 Å². The molecule has 3 aromatic carbocycles. The van der Waals surface area contributed by atoms with Gasteiger partial charge in [-0.15, -0.1) is 0 Å². The normalized spacial score (nSPS) is 10.8. The molecule has 0 aliphatic heterocycles. The topological polar surface area (TPSA) is 17.1 Å². The summed E-state index contributed by atoms with van der Waals surface area (Å²) in [6.07, 6.45) is 0.391. The van der Waals surface area contributed by atoms with Crippen LogP contribution in [-0.4, -0.2) is 5.78 Å². The molecule has 0 atom stereocenters. The van der Waals surface area contributed by atoms with Gasteiger partial charge in [-0.2, -0.15) is 0 Å². The molecule has 0 heterocycles. The van der Waals surface area contributed by atoms with Gasteiger partial charge in [0.1, 0.15) is 0 Å². The van der Waals surface area contributed by atoms with Crippen molar-refractivity contribution in [3.8, 4) is 0 Å². The molecule has 0 amide bonds. The summed E-state index contributed by atoms with van der Waals surface area (Å²) >= 11 is 8.23. The minimum Gasteiger partial charge on any atom is -0.294 e. The van der Waals surface area contributed by atoms with Gasteiger partial charge in [0.05, 0.1) is 5.02 Å². The zero-order valence-electron chi connectivity index (χ0n) is 11.1. The third kappa shape index (κ3) is 3.27. The first-order chi connectivity index (χ1) is 10.1. The predicted octanol–water partition coefficient (Wildman–Crippen LogP) is 5.52. The lowest BCUT2D eigenvalue weighted by atomic mass is 10.0. The first-order valence-electron chi connectivity index (χ1n) is 6.59. The van der Waals surface area contributed by atoms with Crippen LogP contribution in [0.2, 0.25) is 5.02 Å². The molecule has 0 unspecified atom stereocenters. The lowest BCUT2D eigenvalue weighted by molar-refractivity contribution is 0.0993. The number of carbonyl (C=O) groups is 1. The van der Waals surface area contributed by atoms with Crippen LogP contribution in [0.25, 0.3) is 10.8 Å². The summed E-state index contributed by atoms with van der Waals surface area (Å²) in [5, 5.41) is 2.97. The highest BCUT2D eigenvalue weighted by atomic mass is 127. The average Bonchev–Trinajstić information content (AvgIpc) is 2.50. The Morgan fingerprint density at radius 1 is 0.952 bits per heavy atom. The van der Waals surface area contributed by atoms with E-state index in [2.05, 4.69) is 46.9 Å². The fourth-order valence-electron chi connectivity index (χ4n) is 2.31. The molecule has 3 aromatic rings. The van der Waals surface area contributed by atoms with Crippen molar-refractivity contribution in [2.45, 2.75) is 6.42 Å². The van der Waals surface area contributed by atoms with E-state index < -0.39 is 0 Å². The van der Waals surface area contributed by atoms with Crippen molar-refractivity contribution < 1.29 is 4.79 Å². The number of ketones is 1. The van der Waals surface area contributed by atoms with Crippen LogP contribution in [-0.2, 0) is 6.42 Å². The smallest absolute Gasteiger partial charge is 0.167 e. The number of Topliss-reactive ketones (excluding diaryl/α,β-unsaturated/α-hetero) is 1. The quantitative estimate of drug-likeness (QED) is 0.413. The molecule has 0 bridgehead atoms. The van der Waals surface area contributed by atoms with Crippen LogP contribution >= 0.6 is 34.2 Å². The van der Waals surface area contributed by atoms with Gasteiger partial charge in [0.15, 0.2) is 5.78 Å². The summed E-state index contributed by atoms with van der Waals surface area (Å²) in [5.74, 6) is 0.0866. The first kappa shape index (κ1) is 14.5. The summed E-state index contributed by atoms with van der Waals surface area (Å²) in [5.41, 5.74) is 1.68. The summed E-state index contributed by atoms with van der Waals surface area (Å²) in [6.45, 7) is 0. The third-order valence-corrected chi connectivity index (χ3v) is 4.99.